The van der Waals surface area contributed by atoms with E-state index in [1.807, 2.05) is 41.7 Å². The van der Waals surface area contributed by atoms with Gasteiger partial charge in [0, 0.05) is 11.5 Å². The van der Waals surface area contributed by atoms with E-state index in [9.17, 15) is 9.90 Å². The third kappa shape index (κ3) is 2.08. The molecular formula is C14H16O3S2. The number of hydrogen-bond acceptors (Lipinski definition) is 5. The van der Waals surface area contributed by atoms with E-state index in [0.717, 1.165) is 17.1 Å². The molecule has 1 saturated heterocycles. The minimum absolute atomic E-state index is 0.0886. The Balaban J connectivity index is 2.08. The van der Waals surface area contributed by atoms with Gasteiger partial charge in [-0.3, -0.25) is 4.79 Å². The fourth-order valence-electron chi connectivity index (χ4n) is 2.92. The topological polar surface area (TPSA) is 46.5 Å². The Kier molecular flexibility index (Phi) is 3.53. The van der Waals surface area contributed by atoms with Crippen molar-refractivity contribution >= 4 is 29.5 Å². The number of fused-ring (bicyclic) bond motifs is 2. The molecule has 0 radical (unpaired) electrons. The van der Waals surface area contributed by atoms with E-state index in [0.29, 0.717) is 6.42 Å². The van der Waals surface area contributed by atoms with E-state index in [2.05, 4.69) is 6.07 Å². The highest BCUT2D eigenvalue weighted by Gasteiger charge is 2.49. The summed E-state index contributed by atoms with van der Waals surface area (Å²) in [6, 6.07) is 7.93. The van der Waals surface area contributed by atoms with E-state index < -0.39 is 12.0 Å². The Bertz CT molecular complexity index is 497. The molecule has 2 atom stereocenters. The molecule has 3 nitrogen and oxygen atoms in total. The number of aliphatic hydroxyl groups is 1. The standard InChI is InChI=1S/C14H16O3S2/c1-17-13(16)10-8-14(18-6-7-19-14)11-5-3-2-4-9(11)12(10)15/h2-5,10,12,15H,6-8H2,1H3/t10-,12+/m1/s1. The van der Waals surface area contributed by atoms with E-state index in [1.165, 1.54) is 12.7 Å². The zero-order valence-electron chi connectivity index (χ0n) is 10.7. The summed E-state index contributed by atoms with van der Waals surface area (Å²) in [4.78, 5) is 11.9. The average Bonchev–Trinajstić information content (AvgIpc) is 2.92. The Hall–Kier alpha value is -0.650. The van der Waals surface area contributed by atoms with Crippen molar-refractivity contribution in [3.63, 3.8) is 0 Å². The average molecular weight is 296 g/mol. The van der Waals surface area contributed by atoms with Gasteiger partial charge in [0.05, 0.1) is 23.2 Å². The molecule has 1 N–H and O–H groups in total. The lowest BCUT2D eigenvalue weighted by atomic mass is 9.80. The number of esters is 1. The Morgan fingerprint density at radius 2 is 2.05 bits per heavy atom. The van der Waals surface area contributed by atoms with Gasteiger partial charge in [0.2, 0.25) is 0 Å². The maximum absolute atomic E-state index is 11.9. The Morgan fingerprint density at radius 1 is 1.37 bits per heavy atom. The number of hydrogen-bond donors (Lipinski definition) is 1. The molecule has 0 amide bonds. The summed E-state index contributed by atoms with van der Waals surface area (Å²) in [5, 5.41) is 10.4. The van der Waals surface area contributed by atoms with Crippen LogP contribution >= 0.6 is 23.5 Å². The summed E-state index contributed by atoms with van der Waals surface area (Å²) in [6.07, 6.45) is -0.108. The number of benzene rings is 1. The largest absolute Gasteiger partial charge is 0.469 e. The SMILES string of the molecule is COC(=O)[C@@H]1CC2(SCCS2)c2ccccc2[C@@H]1O. The number of carbonyl (C=O) groups excluding carboxylic acids is 1. The highest BCUT2D eigenvalue weighted by molar-refractivity contribution is 8.20. The van der Waals surface area contributed by atoms with Gasteiger partial charge in [-0.25, -0.2) is 0 Å². The number of carbonyl (C=O) groups is 1. The molecule has 5 heteroatoms. The van der Waals surface area contributed by atoms with Crippen molar-refractivity contribution in [1.29, 1.82) is 0 Å². The van der Waals surface area contributed by atoms with Crippen LogP contribution in [0.4, 0.5) is 0 Å². The van der Waals surface area contributed by atoms with Crippen LogP contribution in [0.2, 0.25) is 0 Å². The van der Waals surface area contributed by atoms with Crippen LogP contribution in [-0.4, -0.2) is 29.7 Å². The van der Waals surface area contributed by atoms with Crippen molar-refractivity contribution < 1.29 is 14.6 Å². The molecule has 0 unspecified atom stereocenters. The van der Waals surface area contributed by atoms with Gasteiger partial charge in [0.25, 0.3) is 0 Å². The van der Waals surface area contributed by atoms with Gasteiger partial charge >= 0.3 is 5.97 Å². The monoisotopic (exact) mass is 296 g/mol. The van der Waals surface area contributed by atoms with Crippen LogP contribution in [0.1, 0.15) is 23.7 Å². The smallest absolute Gasteiger partial charge is 0.311 e. The number of ether oxygens (including phenoxy) is 1. The minimum Gasteiger partial charge on any atom is -0.469 e. The van der Waals surface area contributed by atoms with Gasteiger partial charge in [-0.2, -0.15) is 0 Å². The maximum atomic E-state index is 11.9. The first-order valence-corrected chi connectivity index (χ1v) is 8.28. The summed E-state index contributed by atoms with van der Waals surface area (Å²) in [6.45, 7) is 0. The predicted octanol–water partition coefficient (Wildman–Crippen LogP) is 2.55. The third-order valence-electron chi connectivity index (χ3n) is 3.82. The molecule has 0 bridgehead atoms. The highest BCUT2D eigenvalue weighted by atomic mass is 32.2. The van der Waals surface area contributed by atoms with E-state index in [4.69, 9.17) is 4.74 Å². The first kappa shape index (κ1) is 13.3. The first-order chi connectivity index (χ1) is 9.18. The molecule has 1 heterocycles. The van der Waals surface area contributed by atoms with Gasteiger partial charge < -0.3 is 9.84 Å². The quantitative estimate of drug-likeness (QED) is 0.807. The Labute approximate surface area is 121 Å². The first-order valence-electron chi connectivity index (χ1n) is 6.31. The van der Waals surface area contributed by atoms with Crippen LogP contribution in [-0.2, 0) is 13.6 Å². The molecule has 1 aliphatic carbocycles. The molecule has 1 spiro atoms. The number of methoxy groups -OCH3 is 1. The summed E-state index contributed by atoms with van der Waals surface area (Å²) >= 11 is 3.77. The number of thioether (sulfide) groups is 2. The third-order valence-corrected chi connectivity index (χ3v) is 7.31. The van der Waals surface area contributed by atoms with E-state index in [-0.39, 0.29) is 10.0 Å². The molecule has 1 aromatic rings. The van der Waals surface area contributed by atoms with Crippen LogP contribution in [0.5, 0.6) is 0 Å². The van der Waals surface area contributed by atoms with Gasteiger partial charge in [0.15, 0.2) is 0 Å². The van der Waals surface area contributed by atoms with Gasteiger partial charge in [-0.1, -0.05) is 24.3 Å². The maximum Gasteiger partial charge on any atom is 0.311 e. The second-order valence-electron chi connectivity index (χ2n) is 4.82. The van der Waals surface area contributed by atoms with Gasteiger partial charge in [-0.05, 0) is 17.5 Å². The summed E-state index contributed by atoms with van der Waals surface area (Å²) in [7, 11) is 1.39. The lowest BCUT2D eigenvalue weighted by Crippen LogP contribution is -2.36. The second-order valence-corrected chi connectivity index (χ2v) is 7.86. The summed E-state index contributed by atoms with van der Waals surface area (Å²) in [5.74, 6) is 1.40. The van der Waals surface area contributed by atoms with Crippen molar-refractivity contribution in [3.05, 3.63) is 35.4 Å². The zero-order chi connectivity index (χ0) is 13.5. The lowest BCUT2D eigenvalue weighted by molar-refractivity contribution is -0.150. The normalized spacial score (nSPS) is 28.1. The molecule has 1 aromatic carbocycles. The van der Waals surface area contributed by atoms with Crippen LogP contribution < -0.4 is 0 Å². The molecule has 1 fully saturated rings. The Morgan fingerprint density at radius 3 is 2.74 bits per heavy atom. The molecule has 0 aromatic heterocycles. The van der Waals surface area contributed by atoms with Gasteiger partial charge in [-0.15, -0.1) is 23.5 Å². The lowest BCUT2D eigenvalue weighted by Gasteiger charge is -2.40. The summed E-state index contributed by atoms with van der Waals surface area (Å²) in [5.41, 5.74) is 2.06. The van der Waals surface area contributed by atoms with Crippen molar-refractivity contribution in [2.24, 2.45) is 5.92 Å². The number of rotatable bonds is 1. The van der Waals surface area contributed by atoms with E-state index in [1.54, 1.807) is 0 Å². The molecule has 1 aliphatic heterocycles. The van der Waals surface area contributed by atoms with Crippen LogP contribution in [0.15, 0.2) is 24.3 Å². The number of aliphatic hydroxyl groups excluding tert-OH is 1. The van der Waals surface area contributed by atoms with Crippen LogP contribution in [0.25, 0.3) is 0 Å². The molecule has 3 rings (SSSR count). The fourth-order valence-corrected chi connectivity index (χ4v) is 6.36. The van der Waals surface area contributed by atoms with Gasteiger partial charge in [0.1, 0.15) is 0 Å². The minimum atomic E-state index is -0.754. The molecule has 2 aliphatic rings. The van der Waals surface area contributed by atoms with Crippen molar-refractivity contribution in [1.82, 2.24) is 0 Å². The molecule has 0 saturated carbocycles. The fraction of sp³-hybridized carbons (Fsp3) is 0.500. The van der Waals surface area contributed by atoms with Crippen molar-refractivity contribution in [2.45, 2.75) is 16.6 Å². The van der Waals surface area contributed by atoms with E-state index >= 15 is 0 Å². The zero-order valence-corrected chi connectivity index (χ0v) is 12.3. The van der Waals surface area contributed by atoms with Crippen molar-refractivity contribution in [2.75, 3.05) is 18.6 Å². The highest BCUT2D eigenvalue weighted by Crippen LogP contribution is 2.60. The predicted molar refractivity (Wildman–Crippen MR) is 78.1 cm³/mol. The van der Waals surface area contributed by atoms with Crippen LogP contribution in [0, 0.1) is 5.92 Å². The van der Waals surface area contributed by atoms with Crippen LogP contribution in [0.3, 0.4) is 0 Å². The van der Waals surface area contributed by atoms with Crippen molar-refractivity contribution in [3.8, 4) is 0 Å². The molecule has 102 valence electrons. The molecule has 19 heavy (non-hydrogen) atoms. The summed E-state index contributed by atoms with van der Waals surface area (Å²) < 4.78 is 4.77. The molecular weight excluding hydrogens is 280 g/mol. The second kappa shape index (κ2) is 5.04.